The fourth-order valence-electron chi connectivity index (χ4n) is 0.0884. The first kappa shape index (κ1) is 54.0. The predicted molar refractivity (Wildman–Crippen MR) is 59.2 cm³/mol. The zero-order valence-corrected chi connectivity index (χ0v) is 12.7. The van der Waals surface area contributed by atoms with E-state index in [0.29, 0.717) is 0 Å². The smallest absolute Gasteiger partial charge is 0.545 e. The van der Waals surface area contributed by atoms with Crippen molar-refractivity contribution < 1.29 is 48.2 Å². The topological polar surface area (TPSA) is 104 Å². The molecule has 0 aromatic carbocycles. The molecule has 17 heavy (non-hydrogen) atoms. The van der Waals surface area contributed by atoms with Crippen molar-refractivity contribution in [2.24, 2.45) is 0 Å². The van der Waals surface area contributed by atoms with E-state index in [0.717, 1.165) is 11.5 Å². The van der Waals surface area contributed by atoms with Gasteiger partial charge in [-0.05, 0) is 25.3 Å². The summed E-state index contributed by atoms with van der Waals surface area (Å²) in [5, 5.41) is 12.5. The van der Waals surface area contributed by atoms with Gasteiger partial charge in [-0.2, -0.15) is 0 Å². The maximum atomic E-state index is 7.75. The fraction of sp³-hybridized carbons (Fsp3) is 0.375. The average Bonchev–Trinajstić information content (AvgIpc) is 2.42. The van der Waals surface area contributed by atoms with Crippen molar-refractivity contribution in [3.8, 4) is 0 Å². The van der Waals surface area contributed by atoms with Crippen molar-refractivity contribution in [3.63, 3.8) is 0 Å². The van der Waals surface area contributed by atoms with Crippen molar-refractivity contribution in [2.75, 3.05) is 11.5 Å². The molecule has 5 nitrogen and oxygen atoms in total. The van der Waals surface area contributed by atoms with Gasteiger partial charge >= 0.3 is 56.7 Å². The largest absolute Gasteiger partial charge is 3.00 e. The molecule has 0 atom stereocenters. The van der Waals surface area contributed by atoms with Gasteiger partial charge in [0, 0.05) is 6.42 Å². The summed E-state index contributed by atoms with van der Waals surface area (Å²) in [5.41, 5.74) is 0. The zero-order chi connectivity index (χ0) is 14.1. The van der Waals surface area contributed by atoms with Gasteiger partial charge in [0.05, 0.1) is 0 Å². The van der Waals surface area contributed by atoms with Gasteiger partial charge < -0.3 is 28.5 Å². The summed E-state index contributed by atoms with van der Waals surface area (Å²) in [6.07, 6.45) is 1.22. The van der Waals surface area contributed by atoms with Crippen LogP contribution in [0, 0.1) is 37.0 Å². The Kier molecular flexibility index (Phi) is 1350. The molecule has 0 saturated heterocycles. The van der Waals surface area contributed by atoms with Crippen LogP contribution in [0.1, 0.15) is 6.42 Å². The van der Waals surface area contributed by atoms with Gasteiger partial charge in [0.1, 0.15) is 11.5 Å². The SMILES string of the molecule is [C-]#N.[C-]#N.[C-]#[O+].[C-]#[O+].[CH-]=O.[Fe+2].[Fe+3].[SH2+]CCC[SH2+]. The number of carbonyl (C=O) groups excluding carboxylic acids is 1. The van der Waals surface area contributed by atoms with E-state index >= 15 is 0 Å². The summed E-state index contributed by atoms with van der Waals surface area (Å²) < 4.78 is 15.0. The normalized spacial score (nSPS) is 3.18. The second kappa shape index (κ2) is 426. The molecule has 95 valence electrons. The zero-order valence-electron chi connectivity index (χ0n) is 8.52. The summed E-state index contributed by atoms with van der Waals surface area (Å²) in [4.78, 5) is 7.75. The molecule has 9 heteroatoms. The summed E-state index contributed by atoms with van der Waals surface area (Å²) in [6.45, 7) is 21.8. The minimum atomic E-state index is 0. The van der Waals surface area contributed by atoms with Crippen LogP contribution < -0.4 is 0 Å². The molecule has 0 unspecified atom stereocenters. The first-order valence-electron chi connectivity index (χ1n) is 2.80. The maximum Gasteiger partial charge on any atom is 3.00 e. The van der Waals surface area contributed by atoms with Crippen LogP contribution in [0.4, 0.5) is 0 Å². The first-order valence-corrected chi connectivity index (χ1v) is 4.21. The molecule has 1 radical (unpaired) electrons. The van der Waals surface area contributed by atoms with Gasteiger partial charge in [0.15, 0.2) is 0 Å². The van der Waals surface area contributed by atoms with Crippen LogP contribution >= 0.6 is 0 Å². The molecule has 0 heterocycles. The molecule has 0 aliphatic heterocycles. The quantitative estimate of drug-likeness (QED) is 0.280. The Bertz CT molecular complexity index is 118. The van der Waals surface area contributed by atoms with E-state index in [2.05, 4.69) is 45.3 Å². The van der Waals surface area contributed by atoms with Crippen molar-refractivity contribution in [2.45, 2.75) is 6.42 Å². The van der Waals surface area contributed by atoms with Gasteiger partial charge in [0.2, 0.25) is 0 Å². The van der Waals surface area contributed by atoms with Gasteiger partial charge in [-0.15, -0.1) is 0 Å². The second-order valence-electron chi connectivity index (χ2n) is 0.854. The predicted octanol–water partition coefficient (Wildman–Crippen LogP) is -0.762. The van der Waals surface area contributed by atoms with Crippen molar-refractivity contribution in [1.29, 1.82) is 10.5 Å². The number of hydrogen-bond donors (Lipinski definition) is 0. The van der Waals surface area contributed by atoms with Crippen molar-refractivity contribution in [1.82, 2.24) is 0 Å². The molecule has 0 aliphatic rings. The van der Waals surface area contributed by atoms with Gasteiger partial charge in [-0.1, -0.05) is 0 Å². The van der Waals surface area contributed by atoms with Crippen molar-refractivity contribution in [3.05, 3.63) is 26.4 Å². The molecule has 0 saturated carbocycles. The van der Waals surface area contributed by atoms with Crippen LogP contribution in [-0.2, 0) is 73.5 Å². The number of hydrogen-bond acceptors (Lipinski definition) is 3. The van der Waals surface area contributed by atoms with Gasteiger partial charge in [-0.3, -0.25) is 6.79 Å². The van der Waals surface area contributed by atoms with E-state index in [9.17, 15) is 0 Å². The second-order valence-corrected chi connectivity index (χ2v) is 1.85. The van der Waals surface area contributed by atoms with Gasteiger partial charge in [0.25, 0.3) is 0 Å². The summed E-state index contributed by atoms with van der Waals surface area (Å²) in [7, 11) is 0. The first-order chi connectivity index (χ1) is 7.41. The Labute approximate surface area is 135 Å². The monoisotopic (exact) mass is 359 g/mol. The van der Waals surface area contributed by atoms with E-state index in [4.69, 9.17) is 37.8 Å². The van der Waals surface area contributed by atoms with E-state index in [1.54, 1.807) is 0 Å². The standard InChI is InChI=1S/C3H8S2.2CN.CHO.2CO.2Fe/c4-2-1-3-5;5*1-2;;/h4-5H,1-3H2;;;1H;;;;/q;3*-1;;;+2;+3/p+2. The minimum Gasteiger partial charge on any atom is -0.545 e. The van der Waals surface area contributed by atoms with Crippen LogP contribution in [0.3, 0.4) is 0 Å². The molecular formula is C8H11Fe2N2O3S2+4. The number of rotatable bonds is 2. The molecule has 0 bridgehead atoms. The van der Waals surface area contributed by atoms with Crippen LogP contribution in [0.25, 0.3) is 0 Å². The maximum absolute atomic E-state index is 7.75. The minimum absolute atomic E-state index is 0. The number of nitrogens with zero attached hydrogens (tertiary/aromatic N) is 2. The molecule has 0 N–H and O–H groups in total. The van der Waals surface area contributed by atoms with E-state index in [1.165, 1.54) is 6.42 Å². The third-order valence-electron chi connectivity index (χ3n) is 0.354. The summed E-state index contributed by atoms with van der Waals surface area (Å²) >= 11 is 6.64. The Morgan fingerprint density at radius 3 is 1.00 bits per heavy atom. The Balaban J connectivity index is -0.00000001000. The Morgan fingerprint density at radius 1 is 0.882 bits per heavy atom. The molecule has 0 aliphatic carbocycles. The summed E-state index contributed by atoms with van der Waals surface area (Å²) in [6, 6.07) is 0. The van der Waals surface area contributed by atoms with Crippen LogP contribution in [0.15, 0.2) is 0 Å². The van der Waals surface area contributed by atoms with E-state index in [1.807, 2.05) is 0 Å². The Hall–Kier alpha value is -0.131. The third kappa shape index (κ3) is 874. The molecule has 0 spiro atoms. The van der Waals surface area contributed by atoms with Crippen LogP contribution in [0.5, 0.6) is 0 Å². The molecule has 0 aromatic rings. The average molecular weight is 359 g/mol. The molecular weight excluding hydrogens is 348 g/mol. The molecule has 0 aromatic heterocycles. The molecule has 0 fully saturated rings. The van der Waals surface area contributed by atoms with E-state index in [-0.39, 0.29) is 34.1 Å². The molecule has 0 rings (SSSR count). The van der Waals surface area contributed by atoms with Gasteiger partial charge in [-0.25, -0.2) is 0 Å². The van der Waals surface area contributed by atoms with E-state index < -0.39 is 0 Å². The Morgan fingerprint density at radius 2 is 1.00 bits per heavy atom. The summed E-state index contributed by atoms with van der Waals surface area (Å²) in [5.74, 6) is 2.20. The van der Waals surface area contributed by atoms with Crippen LogP contribution in [0.2, 0.25) is 0 Å². The fourth-order valence-corrected chi connectivity index (χ4v) is 0.795. The molecule has 0 amide bonds. The third-order valence-corrected chi connectivity index (χ3v) is 1.06. The van der Waals surface area contributed by atoms with Crippen LogP contribution in [-0.4, -0.2) is 18.3 Å². The van der Waals surface area contributed by atoms with Crippen molar-refractivity contribution >= 4 is 32.0 Å².